The van der Waals surface area contributed by atoms with Gasteiger partial charge in [-0.3, -0.25) is 9.59 Å². The van der Waals surface area contributed by atoms with E-state index in [1.807, 2.05) is 29.2 Å². The Kier molecular flexibility index (Phi) is 5.57. The molecule has 0 spiro atoms. The molecule has 30 heavy (non-hydrogen) atoms. The molecule has 2 aromatic carbocycles. The van der Waals surface area contributed by atoms with Crippen molar-refractivity contribution in [2.75, 3.05) is 24.5 Å². The van der Waals surface area contributed by atoms with Gasteiger partial charge in [0.1, 0.15) is 5.69 Å². The quantitative estimate of drug-likeness (QED) is 0.670. The SMILES string of the molecule is Cc1cccc(N2CCN(C(=O)CCn3c(=O)c(C)nc4ccccc43)C[C@@H]2C)c1. The van der Waals surface area contributed by atoms with Crippen molar-refractivity contribution in [1.29, 1.82) is 0 Å². The van der Waals surface area contributed by atoms with E-state index in [0.29, 0.717) is 31.7 Å². The molecule has 1 aliphatic heterocycles. The number of benzene rings is 2. The Morgan fingerprint density at radius 2 is 1.90 bits per heavy atom. The number of hydrogen-bond acceptors (Lipinski definition) is 4. The summed E-state index contributed by atoms with van der Waals surface area (Å²) in [6.07, 6.45) is 0.310. The van der Waals surface area contributed by atoms with Gasteiger partial charge in [0.25, 0.3) is 5.56 Å². The van der Waals surface area contributed by atoms with Gasteiger partial charge in [-0.1, -0.05) is 24.3 Å². The molecule has 6 nitrogen and oxygen atoms in total. The molecular formula is C24H28N4O2. The van der Waals surface area contributed by atoms with E-state index in [1.165, 1.54) is 11.3 Å². The molecule has 2 heterocycles. The van der Waals surface area contributed by atoms with Crippen molar-refractivity contribution < 1.29 is 4.79 Å². The fourth-order valence-electron chi connectivity index (χ4n) is 4.28. The van der Waals surface area contributed by atoms with Gasteiger partial charge >= 0.3 is 0 Å². The highest BCUT2D eigenvalue weighted by molar-refractivity contribution is 5.78. The van der Waals surface area contributed by atoms with Crippen LogP contribution in [0.4, 0.5) is 5.69 Å². The number of nitrogens with zero attached hydrogens (tertiary/aromatic N) is 4. The Hall–Kier alpha value is -3.15. The predicted molar refractivity (Wildman–Crippen MR) is 120 cm³/mol. The minimum absolute atomic E-state index is 0.0937. The molecule has 6 heteroatoms. The second kappa shape index (κ2) is 8.30. The number of carbonyl (C=O) groups is 1. The van der Waals surface area contributed by atoms with Crippen LogP contribution in [0.15, 0.2) is 53.3 Å². The lowest BCUT2D eigenvalue weighted by Crippen LogP contribution is -2.54. The van der Waals surface area contributed by atoms with Crippen LogP contribution in [0.1, 0.15) is 24.6 Å². The van der Waals surface area contributed by atoms with Crippen LogP contribution in [-0.4, -0.2) is 46.0 Å². The molecule has 1 aliphatic rings. The number of aryl methyl sites for hydroxylation is 3. The van der Waals surface area contributed by atoms with E-state index in [9.17, 15) is 9.59 Å². The number of hydrogen-bond donors (Lipinski definition) is 0. The largest absolute Gasteiger partial charge is 0.365 e. The molecule has 0 aliphatic carbocycles. The van der Waals surface area contributed by atoms with Crippen molar-refractivity contribution in [3.8, 4) is 0 Å². The minimum Gasteiger partial charge on any atom is -0.365 e. The molecule has 156 valence electrons. The molecule has 1 saturated heterocycles. The van der Waals surface area contributed by atoms with E-state index in [0.717, 1.165) is 17.6 Å². The Morgan fingerprint density at radius 3 is 2.67 bits per heavy atom. The molecule has 1 atom stereocenters. The summed E-state index contributed by atoms with van der Waals surface area (Å²) >= 11 is 0. The number of piperazine rings is 1. The molecule has 0 unspecified atom stereocenters. The van der Waals surface area contributed by atoms with E-state index >= 15 is 0 Å². The van der Waals surface area contributed by atoms with Gasteiger partial charge in [0.05, 0.1) is 11.0 Å². The number of amides is 1. The van der Waals surface area contributed by atoms with E-state index < -0.39 is 0 Å². The minimum atomic E-state index is -0.126. The first-order chi connectivity index (χ1) is 14.4. The van der Waals surface area contributed by atoms with Crippen molar-refractivity contribution in [2.24, 2.45) is 0 Å². The van der Waals surface area contributed by atoms with E-state index in [1.54, 1.807) is 11.5 Å². The van der Waals surface area contributed by atoms with Crippen LogP contribution in [0.2, 0.25) is 0 Å². The molecule has 0 N–H and O–H groups in total. The molecule has 3 aromatic rings. The van der Waals surface area contributed by atoms with E-state index in [2.05, 4.69) is 48.0 Å². The highest BCUT2D eigenvalue weighted by Gasteiger charge is 2.27. The lowest BCUT2D eigenvalue weighted by molar-refractivity contribution is -0.132. The van der Waals surface area contributed by atoms with Crippen molar-refractivity contribution in [3.05, 3.63) is 70.1 Å². The second-order valence-corrected chi connectivity index (χ2v) is 8.11. The first-order valence-corrected chi connectivity index (χ1v) is 10.5. The summed E-state index contributed by atoms with van der Waals surface area (Å²) in [6.45, 7) is 8.55. The molecule has 0 radical (unpaired) electrons. The van der Waals surface area contributed by atoms with Gasteiger partial charge in [-0.25, -0.2) is 4.98 Å². The summed E-state index contributed by atoms with van der Waals surface area (Å²) in [5, 5.41) is 0. The second-order valence-electron chi connectivity index (χ2n) is 8.11. The molecule has 1 aromatic heterocycles. The third-order valence-corrected chi connectivity index (χ3v) is 5.88. The number of carbonyl (C=O) groups excluding carboxylic acids is 1. The monoisotopic (exact) mass is 404 g/mol. The van der Waals surface area contributed by atoms with Crippen LogP contribution >= 0.6 is 0 Å². The van der Waals surface area contributed by atoms with Gasteiger partial charge < -0.3 is 14.4 Å². The van der Waals surface area contributed by atoms with Crippen LogP contribution in [0.3, 0.4) is 0 Å². The summed E-state index contributed by atoms with van der Waals surface area (Å²) in [4.78, 5) is 34.2. The van der Waals surface area contributed by atoms with E-state index in [-0.39, 0.29) is 17.5 Å². The molecule has 1 amide bonds. The smallest absolute Gasteiger partial charge is 0.272 e. The van der Waals surface area contributed by atoms with Gasteiger partial charge in [0.2, 0.25) is 5.91 Å². The Labute approximate surface area is 176 Å². The number of anilines is 1. The van der Waals surface area contributed by atoms with Crippen LogP contribution in [0.25, 0.3) is 11.0 Å². The van der Waals surface area contributed by atoms with Crippen LogP contribution < -0.4 is 10.5 Å². The average molecular weight is 405 g/mol. The van der Waals surface area contributed by atoms with Crippen LogP contribution in [-0.2, 0) is 11.3 Å². The topological polar surface area (TPSA) is 58.4 Å². The summed E-state index contributed by atoms with van der Waals surface area (Å²) in [5.41, 5.74) is 4.34. The van der Waals surface area contributed by atoms with Gasteiger partial charge in [-0.2, -0.15) is 0 Å². The van der Waals surface area contributed by atoms with Crippen molar-refractivity contribution in [2.45, 2.75) is 39.8 Å². The molecule has 1 fully saturated rings. The summed E-state index contributed by atoms with van der Waals surface area (Å²) in [5.74, 6) is 0.0937. The molecule has 0 saturated carbocycles. The zero-order valence-corrected chi connectivity index (χ0v) is 17.8. The van der Waals surface area contributed by atoms with Gasteiger partial charge in [-0.05, 0) is 50.6 Å². The standard InChI is InChI=1S/C24H28N4O2/c1-17-7-6-8-20(15-17)27-14-13-26(16-18(27)2)23(29)11-12-28-22-10-5-4-9-21(22)25-19(3)24(28)30/h4-10,15,18H,11-14,16H2,1-3H3/t18-/m0/s1. The normalized spacial score (nSPS) is 16.8. The summed E-state index contributed by atoms with van der Waals surface area (Å²) in [6, 6.07) is 16.3. The maximum absolute atomic E-state index is 12.9. The predicted octanol–water partition coefficient (Wildman–Crippen LogP) is 3.14. The number of fused-ring (bicyclic) bond motifs is 1. The van der Waals surface area contributed by atoms with Crippen molar-refractivity contribution in [3.63, 3.8) is 0 Å². The van der Waals surface area contributed by atoms with Crippen LogP contribution in [0, 0.1) is 13.8 Å². The first kappa shape index (κ1) is 20.1. The zero-order valence-electron chi connectivity index (χ0n) is 17.8. The van der Waals surface area contributed by atoms with Crippen molar-refractivity contribution in [1.82, 2.24) is 14.5 Å². The molecule has 0 bridgehead atoms. The fraction of sp³-hybridized carbons (Fsp3) is 0.375. The van der Waals surface area contributed by atoms with Gasteiger partial charge in [-0.15, -0.1) is 0 Å². The van der Waals surface area contributed by atoms with Crippen molar-refractivity contribution >= 4 is 22.6 Å². The lowest BCUT2D eigenvalue weighted by Gasteiger charge is -2.41. The lowest BCUT2D eigenvalue weighted by atomic mass is 10.1. The highest BCUT2D eigenvalue weighted by Crippen LogP contribution is 2.22. The Balaban J connectivity index is 1.44. The molecule has 4 rings (SSSR count). The third kappa shape index (κ3) is 3.95. The number of para-hydroxylation sites is 2. The maximum atomic E-state index is 12.9. The van der Waals surface area contributed by atoms with Gasteiger partial charge in [0, 0.05) is 44.3 Å². The Morgan fingerprint density at radius 1 is 1.10 bits per heavy atom. The maximum Gasteiger partial charge on any atom is 0.272 e. The summed E-state index contributed by atoms with van der Waals surface area (Å²) in [7, 11) is 0. The molecular weight excluding hydrogens is 376 g/mol. The number of rotatable bonds is 4. The highest BCUT2D eigenvalue weighted by atomic mass is 16.2. The fourth-order valence-corrected chi connectivity index (χ4v) is 4.28. The number of aromatic nitrogens is 2. The first-order valence-electron chi connectivity index (χ1n) is 10.5. The Bertz CT molecular complexity index is 1140. The van der Waals surface area contributed by atoms with Crippen LogP contribution in [0.5, 0.6) is 0 Å². The summed E-state index contributed by atoms with van der Waals surface area (Å²) < 4.78 is 1.68. The third-order valence-electron chi connectivity index (χ3n) is 5.88. The van der Waals surface area contributed by atoms with E-state index in [4.69, 9.17) is 0 Å². The average Bonchev–Trinajstić information content (AvgIpc) is 2.74. The van der Waals surface area contributed by atoms with Gasteiger partial charge in [0.15, 0.2) is 0 Å². The zero-order chi connectivity index (χ0) is 21.3.